The second-order valence-electron chi connectivity index (χ2n) is 6.44. The summed E-state index contributed by atoms with van der Waals surface area (Å²) in [4.78, 5) is 29.4. The van der Waals surface area contributed by atoms with Crippen LogP contribution in [0.15, 0.2) is 48.8 Å². The molecule has 1 aromatic heterocycles. The summed E-state index contributed by atoms with van der Waals surface area (Å²) >= 11 is 0. The topological polar surface area (TPSA) is 76.3 Å². The highest BCUT2D eigenvalue weighted by molar-refractivity contribution is 5.84. The Morgan fingerprint density at radius 2 is 1.75 bits per heavy atom. The summed E-state index contributed by atoms with van der Waals surface area (Å²) in [5.41, 5.74) is 8.27. The molecule has 1 saturated heterocycles. The third-order valence-corrected chi connectivity index (χ3v) is 4.83. The van der Waals surface area contributed by atoms with E-state index in [2.05, 4.69) is 4.98 Å². The van der Waals surface area contributed by atoms with Crippen LogP contribution in [0.2, 0.25) is 0 Å². The van der Waals surface area contributed by atoms with Crippen molar-refractivity contribution in [1.29, 1.82) is 0 Å². The Morgan fingerprint density at radius 1 is 1.12 bits per heavy atom. The van der Waals surface area contributed by atoms with Crippen molar-refractivity contribution in [3.8, 4) is 11.1 Å². The van der Waals surface area contributed by atoms with Crippen LogP contribution in [0, 0.1) is 5.41 Å². The first-order chi connectivity index (χ1) is 11.5. The second-order valence-corrected chi connectivity index (χ2v) is 6.44. The molecule has 2 aromatic rings. The summed E-state index contributed by atoms with van der Waals surface area (Å²) in [7, 11) is 0. The molecule has 1 atom stereocenters. The minimum atomic E-state index is -0.663. The van der Waals surface area contributed by atoms with Gasteiger partial charge in [-0.2, -0.15) is 0 Å². The van der Waals surface area contributed by atoms with Gasteiger partial charge in [0.1, 0.15) is 0 Å². The third-order valence-electron chi connectivity index (χ3n) is 4.83. The predicted octanol–water partition coefficient (Wildman–Crippen LogP) is 2.02. The van der Waals surface area contributed by atoms with Gasteiger partial charge in [-0.15, -0.1) is 0 Å². The Bertz CT molecular complexity index is 743. The molecule has 0 radical (unpaired) electrons. The van der Waals surface area contributed by atoms with Crippen molar-refractivity contribution in [3.05, 3.63) is 54.4 Å². The average molecular weight is 323 g/mol. The van der Waals surface area contributed by atoms with E-state index in [4.69, 9.17) is 5.73 Å². The van der Waals surface area contributed by atoms with Crippen LogP contribution in [0.3, 0.4) is 0 Å². The SMILES string of the molecule is CC(=O)N1CC[C@@](Cc2ccc(-c3ccncc3)cc2)(C(N)=O)C1. The fourth-order valence-electron chi connectivity index (χ4n) is 3.32. The molecule has 24 heavy (non-hydrogen) atoms. The molecule has 2 N–H and O–H groups in total. The molecule has 0 saturated carbocycles. The lowest BCUT2D eigenvalue weighted by atomic mass is 9.80. The van der Waals surface area contributed by atoms with Crippen LogP contribution < -0.4 is 5.73 Å². The number of aromatic nitrogens is 1. The summed E-state index contributed by atoms with van der Waals surface area (Å²) in [5, 5.41) is 0. The van der Waals surface area contributed by atoms with Gasteiger partial charge in [-0.25, -0.2) is 0 Å². The fourth-order valence-corrected chi connectivity index (χ4v) is 3.32. The number of carbonyl (C=O) groups excluding carboxylic acids is 2. The number of carbonyl (C=O) groups is 2. The Morgan fingerprint density at radius 3 is 2.29 bits per heavy atom. The molecule has 5 nitrogen and oxygen atoms in total. The number of hydrogen-bond acceptors (Lipinski definition) is 3. The first kappa shape index (κ1) is 16.2. The van der Waals surface area contributed by atoms with E-state index in [1.807, 2.05) is 36.4 Å². The number of amides is 2. The maximum atomic E-state index is 12.1. The fraction of sp³-hybridized carbons (Fsp3) is 0.316. The van der Waals surface area contributed by atoms with Crippen molar-refractivity contribution in [3.63, 3.8) is 0 Å². The highest BCUT2D eigenvalue weighted by Gasteiger charge is 2.44. The number of rotatable bonds is 4. The quantitative estimate of drug-likeness (QED) is 0.935. The van der Waals surface area contributed by atoms with E-state index < -0.39 is 5.41 Å². The van der Waals surface area contributed by atoms with Gasteiger partial charge in [0.2, 0.25) is 11.8 Å². The molecular weight excluding hydrogens is 302 g/mol. The summed E-state index contributed by atoms with van der Waals surface area (Å²) in [6, 6.07) is 12.0. The van der Waals surface area contributed by atoms with E-state index in [1.165, 1.54) is 6.92 Å². The highest BCUT2D eigenvalue weighted by atomic mass is 16.2. The number of nitrogens with two attached hydrogens (primary N) is 1. The van der Waals surface area contributed by atoms with Crippen LogP contribution in [0.1, 0.15) is 18.9 Å². The summed E-state index contributed by atoms with van der Waals surface area (Å²) in [6.45, 7) is 2.53. The van der Waals surface area contributed by atoms with Crippen molar-refractivity contribution in [1.82, 2.24) is 9.88 Å². The lowest BCUT2D eigenvalue weighted by molar-refractivity contribution is -0.130. The molecule has 1 fully saturated rings. The molecule has 1 aromatic carbocycles. The molecule has 1 aliphatic rings. The molecule has 2 heterocycles. The van der Waals surface area contributed by atoms with Crippen LogP contribution in [0.5, 0.6) is 0 Å². The van der Waals surface area contributed by atoms with Gasteiger partial charge in [-0.1, -0.05) is 24.3 Å². The normalized spacial score (nSPS) is 20.1. The zero-order valence-corrected chi connectivity index (χ0v) is 13.7. The number of benzene rings is 1. The van der Waals surface area contributed by atoms with Gasteiger partial charge >= 0.3 is 0 Å². The molecule has 0 aliphatic carbocycles. The summed E-state index contributed by atoms with van der Waals surface area (Å²) in [6.07, 6.45) is 4.71. The van der Waals surface area contributed by atoms with Crippen LogP contribution in [-0.2, 0) is 16.0 Å². The van der Waals surface area contributed by atoms with Crippen molar-refractivity contribution < 1.29 is 9.59 Å². The van der Waals surface area contributed by atoms with E-state index in [-0.39, 0.29) is 11.8 Å². The van der Waals surface area contributed by atoms with E-state index in [0.717, 1.165) is 16.7 Å². The molecule has 0 bridgehead atoms. The number of primary amides is 1. The van der Waals surface area contributed by atoms with Crippen molar-refractivity contribution in [2.75, 3.05) is 13.1 Å². The zero-order chi connectivity index (χ0) is 17.2. The molecule has 0 unspecified atom stereocenters. The lowest BCUT2D eigenvalue weighted by Crippen LogP contribution is -2.42. The molecule has 124 valence electrons. The van der Waals surface area contributed by atoms with Crippen LogP contribution in [-0.4, -0.2) is 34.8 Å². The number of pyridine rings is 1. The van der Waals surface area contributed by atoms with Gasteiger partial charge < -0.3 is 10.6 Å². The van der Waals surface area contributed by atoms with E-state index in [9.17, 15) is 9.59 Å². The number of likely N-dealkylation sites (tertiary alicyclic amines) is 1. The number of nitrogens with zero attached hydrogens (tertiary/aromatic N) is 2. The first-order valence-electron chi connectivity index (χ1n) is 8.05. The van der Waals surface area contributed by atoms with Gasteiger partial charge in [0.05, 0.1) is 5.41 Å². The first-order valence-corrected chi connectivity index (χ1v) is 8.05. The van der Waals surface area contributed by atoms with Crippen LogP contribution in [0.25, 0.3) is 11.1 Å². The lowest BCUT2D eigenvalue weighted by Gasteiger charge is -2.25. The monoisotopic (exact) mass is 323 g/mol. The van der Waals surface area contributed by atoms with Crippen molar-refractivity contribution in [2.24, 2.45) is 11.1 Å². The smallest absolute Gasteiger partial charge is 0.225 e. The van der Waals surface area contributed by atoms with Gasteiger partial charge in [-0.3, -0.25) is 14.6 Å². The van der Waals surface area contributed by atoms with Crippen LogP contribution >= 0.6 is 0 Å². The largest absolute Gasteiger partial charge is 0.369 e. The Labute approximate surface area is 141 Å². The average Bonchev–Trinajstić information content (AvgIpc) is 3.02. The third kappa shape index (κ3) is 3.15. The van der Waals surface area contributed by atoms with Crippen molar-refractivity contribution >= 4 is 11.8 Å². The Balaban J connectivity index is 1.79. The maximum Gasteiger partial charge on any atom is 0.225 e. The van der Waals surface area contributed by atoms with E-state index in [1.54, 1.807) is 17.3 Å². The van der Waals surface area contributed by atoms with Gasteiger partial charge in [0, 0.05) is 32.4 Å². The second kappa shape index (κ2) is 6.43. The maximum absolute atomic E-state index is 12.1. The molecular formula is C19H21N3O2. The molecule has 0 spiro atoms. The Kier molecular flexibility index (Phi) is 4.34. The predicted molar refractivity (Wildman–Crippen MR) is 91.9 cm³/mol. The molecule has 5 heteroatoms. The van der Waals surface area contributed by atoms with Crippen LogP contribution in [0.4, 0.5) is 0 Å². The highest BCUT2D eigenvalue weighted by Crippen LogP contribution is 2.34. The Hall–Kier alpha value is -2.69. The standard InChI is InChI=1S/C19H21N3O2/c1-14(23)22-11-8-19(13-22,18(20)24)12-15-2-4-16(5-3-15)17-6-9-21-10-7-17/h2-7,9-10H,8,11-13H2,1H3,(H2,20,24)/t19-/m0/s1. The van der Waals surface area contributed by atoms with Gasteiger partial charge in [0.25, 0.3) is 0 Å². The van der Waals surface area contributed by atoms with Gasteiger partial charge in [0.15, 0.2) is 0 Å². The summed E-state index contributed by atoms with van der Waals surface area (Å²) < 4.78 is 0. The van der Waals surface area contributed by atoms with E-state index in [0.29, 0.717) is 25.9 Å². The minimum absolute atomic E-state index is 0.00819. The van der Waals surface area contributed by atoms with Crippen molar-refractivity contribution in [2.45, 2.75) is 19.8 Å². The zero-order valence-electron chi connectivity index (χ0n) is 13.7. The summed E-state index contributed by atoms with van der Waals surface area (Å²) in [5.74, 6) is -0.337. The molecule has 2 amide bonds. The molecule has 1 aliphatic heterocycles. The molecule has 3 rings (SSSR count). The minimum Gasteiger partial charge on any atom is -0.369 e. The van der Waals surface area contributed by atoms with Gasteiger partial charge in [-0.05, 0) is 41.7 Å². The van der Waals surface area contributed by atoms with E-state index >= 15 is 0 Å². The number of hydrogen-bond donors (Lipinski definition) is 1.